The first-order valence-electron chi connectivity index (χ1n) is 8.44. The predicted molar refractivity (Wildman–Crippen MR) is 89.3 cm³/mol. The predicted octanol–water partition coefficient (Wildman–Crippen LogP) is 2.91. The monoisotopic (exact) mass is 283 g/mol. The Bertz CT molecular complexity index is 245. The van der Waals surface area contributed by atoms with Gasteiger partial charge in [-0.25, -0.2) is 0 Å². The summed E-state index contributed by atoms with van der Waals surface area (Å²) >= 11 is 0. The summed E-state index contributed by atoms with van der Waals surface area (Å²) in [5.41, 5.74) is 0.480. The summed E-state index contributed by atoms with van der Waals surface area (Å²) in [6.07, 6.45) is 5.03. The molecule has 1 aliphatic heterocycles. The van der Waals surface area contributed by atoms with Crippen LogP contribution in [0.3, 0.4) is 0 Å². The van der Waals surface area contributed by atoms with E-state index in [-0.39, 0.29) is 11.1 Å². The SMILES string of the molecule is CC1CCCNC(C)(C)CC(C)NCCNC(C)(C)C1. The van der Waals surface area contributed by atoms with E-state index >= 15 is 0 Å². The Morgan fingerprint density at radius 3 is 2.10 bits per heavy atom. The van der Waals surface area contributed by atoms with Gasteiger partial charge in [-0.1, -0.05) is 6.92 Å². The second-order valence-corrected chi connectivity index (χ2v) is 8.13. The van der Waals surface area contributed by atoms with Gasteiger partial charge in [-0.15, -0.1) is 0 Å². The zero-order valence-corrected chi connectivity index (χ0v) is 14.6. The summed E-state index contributed by atoms with van der Waals surface area (Å²) in [5.74, 6) is 0.789. The molecule has 1 heterocycles. The lowest BCUT2D eigenvalue weighted by Crippen LogP contribution is -2.48. The van der Waals surface area contributed by atoms with Gasteiger partial charge in [0.15, 0.2) is 0 Å². The van der Waals surface area contributed by atoms with Crippen molar-refractivity contribution >= 4 is 0 Å². The standard InChI is InChI=1S/C17H37N3/c1-14-8-7-9-19-17(5,6)13-15(2)18-10-11-20-16(3,4)12-14/h14-15,18-20H,7-13H2,1-6H3. The van der Waals surface area contributed by atoms with Gasteiger partial charge in [0.1, 0.15) is 0 Å². The van der Waals surface area contributed by atoms with E-state index in [1.807, 2.05) is 0 Å². The summed E-state index contributed by atoms with van der Waals surface area (Å²) < 4.78 is 0. The molecule has 0 spiro atoms. The van der Waals surface area contributed by atoms with E-state index in [4.69, 9.17) is 0 Å². The van der Waals surface area contributed by atoms with Crippen molar-refractivity contribution in [3.05, 3.63) is 0 Å². The third kappa shape index (κ3) is 7.61. The minimum atomic E-state index is 0.229. The minimum absolute atomic E-state index is 0.229. The topological polar surface area (TPSA) is 36.1 Å². The molecule has 20 heavy (non-hydrogen) atoms. The van der Waals surface area contributed by atoms with Crippen molar-refractivity contribution in [1.82, 2.24) is 16.0 Å². The third-order valence-corrected chi connectivity index (χ3v) is 4.37. The van der Waals surface area contributed by atoms with E-state index in [2.05, 4.69) is 57.5 Å². The van der Waals surface area contributed by atoms with Crippen molar-refractivity contribution in [3.8, 4) is 0 Å². The van der Waals surface area contributed by atoms with Gasteiger partial charge in [-0.2, -0.15) is 0 Å². The molecule has 2 atom stereocenters. The smallest absolute Gasteiger partial charge is 0.0139 e. The fraction of sp³-hybridized carbons (Fsp3) is 1.00. The molecule has 0 saturated carbocycles. The molecule has 0 aromatic heterocycles. The molecular weight excluding hydrogens is 246 g/mol. The van der Waals surface area contributed by atoms with Gasteiger partial charge in [0.25, 0.3) is 0 Å². The van der Waals surface area contributed by atoms with E-state index in [1.54, 1.807) is 0 Å². The second-order valence-electron chi connectivity index (χ2n) is 8.13. The van der Waals surface area contributed by atoms with Crippen LogP contribution in [0.4, 0.5) is 0 Å². The maximum atomic E-state index is 3.73. The zero-order chi connectivity index (χ0) is 15.2. The van der Waals surface area contributed by atoms with E-state index < -0.39 is 0 Å². The summed E-state index contributed by atoms with van der Waals surface area (Å²) in [6, 6.07) is 0.560. The highest BCUT2D eigenvalue weighted by Crippen LogP contribution is 2.20. The van der Waals surface area contributed by atoms with E-state index in [1.165, 1.54) is 25.7 Å². The fourth-order valence-electron chi connectivity index (χ4n) is 3.55. The Morgan fingerprint density at radius 2 is 1.40 bits per heavy atom. The Balaban J connectivity index is 2.55. The first kappa shape index (κ1) is 17.9. The molecular formula is C17H37N3. The summed E-state index contributed by atoms with van der Waals surface area (Å²) in [6.45, 7) is 17.2. The first-order valence-corrected chi connectivity index (χ1v) is 8.44. The molecule has 0 amide bonds. The quantitative estimate of drug-likeness (QED) is 0.640. The van der Waals surface area contributed by atoms with Crippen molar-refractivity contribution in [2.45, 2.75) is 84.3 Å². The van der Waals surface area contributed by atoms with Gasteiger partial charge >= 0.3 is 0 Å². The van der Waals surface area contributed by atoms with Crippen molar-refractivity contribution in [1.29, 1.82) is 0 Å². The lowest BCUT2D eigenvalue weighted by atomic mass is 9.88. The van der Waals surface area contributed by atoms with E-state index in [0.717, 1.165) is 25.6 Å². The van der Waals surface area contributed by atoms with Gasteiger partial charge in [0.2, 0.25) is 0 Å². The van der Waals surface area contributed by atoms with Gasteiger partial charge in [-0.3, -0.25) is 0 Å². The second kappa shape index (κ2) is 7.77. The van der Waals surface area contributed by atoms with Crippen LogP contribution < -0.4 is 16.0 Å². The zero-order valence-electron chi connectivity index (χ0n) is 14.6. The lowest BCUT2D eigenvalue weighted by Gasteiger charge is -2.33. The van der Waals surface area contributed by atoms with Crippen LogP contribution in [0.1, 0.15) is 67.2 Å². The normalized spacial score (nSPS) is 33.3. The third-order valence-electron chi connectivity index (χ3n) is 4.37. The number of rotatable bonds is 0. The van der Waals surface area contributed by atoms with Crippen LogP contribution in [0.2, 0.25) is 0 Å². The highest BCUT2D eigenvalue weighted by molar-refractivity contribution is 4.84. The Labute approximate surface area is 126 Å². The average molecular weight is 284 g/mol. The van der Waals surface area contributed by atoms with Crippen molar-refractivity contribution in [3.63, 3.8) is 0 Å². The maximum absolute atomic E-state index is 3.73. The minimum Gasteiger partial charge on any atom is -0.313 e. The molecule has 1 aliphatic rings. The van der Waals surface area contributed by atoms with Crippen LogP contribution in [0, 0.1) is 5.92 Å². The lowest BCUT2D eigenvalue weighted by molar-refractivity contribution is 0.271. The van der Waals surface area contributed by atoms with Gasteiger partial charge in [0, 0.05) is 30.2 Å². The molecule has 1 rings (SSSR count). The summed E-state index contributed by atoms with van der Waals surface area (Å²) in [5, 5.41) is 11.1. The molecule has 2 unspecified atom stereocenters. The largest absolute Gasteiger partial charge is 0.313 e. The van der Waals surface area contributed by atoms with Crippen molar-refractivity contribution in [2.75, 3.05) is 19.6 Å². The molecule has 3 N–H and O–H groups in total. The molecule has 3 heteroatoms. The molecule has 0 radical (unpaired) electrons. The number of hydrogen-bond donors (Lipinski definition) is 3. The van der Waals surface area contributed by atoms with E-state index in [0.29, 0.717) is 6.04 Å². The molecule has 0 aromatic carbocycles. The molecule has 0 bridgehead atoms. The highest BCUT2D eigenvalue weighted by atomic mass is 15.0. The Hall–Kier alpha value is -0.120. The van der Waals surface area contributed by atoms with E-state index in [9.17, 15) is 0 Å². The van der Waals surface area contributed by atoms with Gasteiger partial charge in [0.05, 0.1) is 0 Å². The molecule has 120 valence electrons. The first-order chi connectivity index (χ1) is 9.20. The van der Waals surface area contributed by atoms with Crippen LogP contribution in [-0.2, 0) is 0 Å². The highest BCUT2D eigenvalue weighted by Gasteiger charge is 2.23. The fourth-order valence-corrected chi connectivity index (χ4v) is 3.55. The van der Waals surface area contributed by atoms with Crippen LogP contribution in [-0.4, -0.2) is 36.8 Å². The summed E-state index contributed by atoms with van der Waals surface area (Å²) in [4.78, 5) is 0. The molecule has 0 aliphatic carbocycles. The Kier molecular flexibility index (Phi) is 6.96. The van der Waals surface area contributed by atoms with Crippen LogP contribution in [0.15, 0.2) is 0 Å². The maximum Gasteiger partial charge on any atom is 0.0139 e. The van der Waals surface area contributed by atoms with Crippen LogP contribution in [0.25, 0.3) is 0 Å². The van der Waals surface area contributed by atoms with Crippen LogP contribution >= 0.6 is 0 Å². The molecule has 3 nitrogen and oxygen atoms in total. The van der Waals surface area contributed by atoms with Gasteiger partial charge in [-0.05, 0) is 72.8 Å². The van der Waals surface area contributed by atoms with Gasteiger partial charge < -0.3 is 16.0 Å². The van der Waals surface area contributed by atoms with Crippen LogP contribution in [0.5, 0.6) is 0 Å². The number of hydrogen-bond acceptors (Lipinski definition) is 3. The number of nitrogens with one attached hydrogen (secondary N) is 3. The summed E-state index contributed by atoms with van der Waals surface area (Å²) in [7, 11) is 0. The van der Waals surface area contributed by atoms with Crippen molar-refractivity contribution in [2.24, 2.45) is 5.92 Å². The molecule has 0 aromatic rings. The molecule has 1 fully saturated rings. The van der Waals surface area contributed by atoms with Crippen molar-refractivity contribution < 1.29 is 0 Å². The molecule has 1 saturated heterocycles. The average Bonchev–Trinajstić information content (AvgIpc) is 2.28. The Morgan fingerprint density at radius 1 is 0.800 bits per heavy atom.